The average Bonchev–Trinajstić information content (AvgIpc) is 0.953. The molecule has 3 rings (SSSR count). The SMILES string of the molecule is CCC(C)(C)C(=O)OC(C(C)C)C(C)C.CCC(C)(C)C(=O)OC(C)C.CCC(C)(C)C(=O)OCC(F)(F)C(F)F.CCC(C)(C)C(=O)OCC(F)(F)F.CCC(C)(C)C(=O)O[C@H]1C[C@H]2C[C@@H]([C@@H]1C)C2(C)C.CCCCC(CC)COC(=O)C(C)(C)CC. The van der Waals surface area contributed by atoms with Crippen LogP contribution in [0.15, 0.2) is 0 Å². The van der Waals surface area contributed by atoms with Crippen LogP contribution in [-0.2, 0) is 57.2 Å². The third-order valence-corrected chi connectivity index (χ3v) is 18.1. The van der Waals surface area contributed by atoms with E-state index in [1.54, 1.807) is 27.7 Å². The Bertz CT molecular complexity index is 2020. The Morgan fingerprint density at radius 2 is 0.852 bits per heavy atom. The first-order valence-corrected chi connectivity index (χ1v) is 32.5. The largest absolute Gasteiger partial charge is 0.465 e. The third kappa shape index (κ3) is 33.6. The van der Waals surface area contributed by atoms with Crippen molar-refractivity contribution in [2.45, 2.75) is 315 Å². The summed E-state index contributed by atoms with van der Waals surface area (Å²) in [5.41, 5.74) is -2.67. The van der Waals surface area contributed by atoms with E-state index in [2.05, 4.69) is 71.8 Å². The Hall–Kier alpha value is -3.67. The predicted molar refractivity (Wildman–Crippen MR) is 337 cm³/mol. The van der Waals surface area contributed by atoms with Crippen molar-refractivity contribution in [3.05, 3.63) is 0 Å². The molecule has 0 N–H and O–H groups in total. The van der Waals surface area contributed by atoms with Crippen molar-refractivity contribution in [3.63, 3.8) is 0 Å². The Balaban J connectivity index is -0.000000484. The van der Waals surface area contributed by atoms with Gasteiger partial charge >= 0.3 is 54.3 Å². The highest BCUT2D eigenvalue weighted by Crippen LogP contribution is 2.62. The van der Waals surface area contributed by atoms with Gasteiger partial charge in [-0.15, -0.1) is 0 Å². The van der Waals surface area contributed by atoms with E-state index in [1.165, 1.54) is 39.5 Å². The second-order valence-electron chi connectivity index (χ2n) is 29.5. The molecule has 3 aliphatic rings. The lowest BCUT2D eigenvalue weighted by Gasteiger charge is -2.61. The van der Waals surface area contributed by atoms with Crippen molar-refractivity contribution in [2.24, 2.45) is 73.4 Å². The van der Waals surface area contributed by atoms with Crippen LogP contribution in [0.4, 0.5) is 30.7 Å². The normalized spacial score (nSPS) is 18.0. The van der Waals surface area contributed by atoms with Crippen LogP contribution >= 0.6 is 0 Å². The van der Waals surface area contributed by atoms with Gasteiger partial charge in [0.15, 0.2) is 13.2 Å². The molecule has 0 aliphatic heterocycles. The number of carbonyl (C=O) groups is 6. The number of fused-ring (bicyclic) bond motifs is 2. The van der Waals surface area contributed by atoms with Gasteiger partial charge in [0.1, 0.15) is 12.2 Å². The fourth-order valence-electron chi connectivity index (χ4n) is 8.17. The number of alkyl halides is 7. The number of esters is 6. The summed E-state index contributed by atoms with van der Waals surface area (Å²) in [7, 11) is 0. The fourth-order valence-corrected chi connectivity index (χ4v) is 8.17. The molecule has 2 bridgehead atoms. The lowest BCUT2D eigenvalue weighted by Crippen LogP contribution is -2.57. The minimum atomic E-state index is -4.44. The van der Waals surface area contributed by atoms with E-state index < -0.39 is 54.5 Å². The average molecular weight is 1280 g/mol. The minimum Gasteiger partial charge on any atom is -0.465 e. The summed E-state index contributed by atoms with van der Waals surface area (Å²) in [6.07, 6.45) is 3.15. The summed E-state index contributed by atoms with van der Waals surface area (Å²) in [5, 5.41) is 0. The van der Waals surface area contributed by atoms with E-state index in [-0.39, 0.29) is 63.8 Å². The number of hydrogen-bond donors (Lipinski definition) is 0. The van der Waals surface area contributed by atoms with Gasteiger partial charge in [-0.25, -0.2) is 8.78 Å². The van der Waals surface area contributed by atoms with Crippen LogP contribution in [0.1, 0.15) is 278 Å². The van der Waals surface area contributed by atoms with Gasteiger partial charge in [-0.3, -0.25) is 28.8 Å². The molecule has 19 heteroatoms. The van der Waals surface area contributed by atoms with E-state index in [9.17, 15) is 59.5 Å². The quantitative estimate of drug-likeness (QED) is 0.0436. The summed E-state index contributed by atoms with van der Waals surface area (Å²) in [6, 6.07) is 0. The maximum absolute atomic E-state index is 12.4. The number of unbranched alkanes of at least 4 members (excludes halogenated alkanes) is 1. The molecular formula is C69H127F7O12. The van der Waals surface area contributed by atoms with E-state index in [0.29, 0.717) is 48.5 Å². The van der Waals surface area contributed by atoms with Gasteiger partial charge in [-0.05, 0) is 196 Å². The van der Waals surface area contributed by atoms with Crippen LogP contribution in [0.5, 0.6) is 0 Å². The topological polar surface area (TPSA) is 158 Å². The van der Waals surface area contributed by atoms with Gasteiger partial charge in [0, 0.05) is 0 Å². The Kier molecular flexibility index (Phi) is 40.9. The van der Waals surface area contributed by atoms with Crippen molar-refractivity contribution in [1.29, 1.82) is 0 Å². The number of hydrogen-bond acceptors (Lipinski definition) is 12. The molecule has 0 spiro atoms. The van der Waals surface area contributed by atoms with Crippen molar-refractivity contribution in [2.75, 3.05) is 19.8 Å². The van der Waals surface area contributed by atoms with Gasteiger partial charge in [-0.2, -0.15) is 22.0 Å². The summed E-state index contributed by atoms with van der Waals surface area (Å²) in [6.45, 7) is 54.1. The summed E-state index contributed by atoms with van der Waals surface area (Å²) in [4.78, 5) is 69.3. The second-order valence-corrected chi connectivity index (χ2v) is 29.5. The van der Waals surface area contributed by atoms with Gasteiger partial charge < -0.3 is 28.4 Å². The van der Waals surface area contributed by atoms with E-state index in [4.69, 9.17) is 18.9 Å². The maximum atomic E-state index is 12.4. The molecule has 3 fully saturated rings. The Morgan fingerprint density at radius 3 is 1.16 bits per heavy atom. The van der Waals surface area contributed by atoms with Crippen molar-refractivity contribution < 1.29 is 87.9 Å². The minimum absolute atomic E-state index is 0.00618. The Morgan fingerprint density at radius 1 is 0.500 bits per heavy atom. The van der Waals surface area contributed by atoms with E-state index in [1.807, 2.05) is 96.9 Å². The first-order valence-electron chi connectivity index (χ1n) is 32.5. The first-order chi connectivity index (χ1) is 39.6. The predicted octanol–water partition coefficient (Wildman–Crippen LogP) is 19.6. The smallest absolute Gasteiger partial charge is 0.422 e. The lowest BCUT2D eigenvalue weighted by atomic mass is 9.45. The van der Waals surface area contributed by atoms with Crippen LogP contribution in [-0.4, -0.2) is 92.5 Å². The zero-order valence-corrected chi connectivity index (χ0v) is 60.4. The summed E-state index contributed by atoms with van der Waals surface area (Å²) >= 11 is 0. The molecule has 0 radical (unpaired) electrons. The molecule has 12 nitrogen and oxygen atoms in total. The number of rotatable bonds is 27. The van der Waals surface area contributed by atoms with Crippen molar-refractivity contribution in [1.82, 2.24) is 0 Å². The van der Waals surface area contributed by atoms with Crippen LogP contribution in [0, 0.1) is 73.4 Å². The zero-order chi connectivity index (χ0) is 70.6. The van der Waals surface area contributed by atoms with Crippen LogP contribution < -0.4 is 0 Å². The second kappa shape index (κ2) is 39.7. The van der Waals surface area contributed by atoms with E-state index in [0.717, 1.165) is 50.4 Å². The molecule has 3 aliphatic carbocycles. The van der Waals surface area contributed by atoms with Gasteiger partial charge in [0.2, 0.25) is 0 Å². The van der Waals surface area contributed by atoms with Crippen LogP contribution in [0.2, 0.25) is 0 Å². The van der Waals surface area contributed by atoms with Gasteiger partial charge in [0.05, 0.1) is 45.2 Å². The fraction of sp³-hybridized carbons (Fsp3) is 0.913. The monoisotopic (exact) mass is 1280 g/mol. The third-order valence-electron chi connectivity index (χ3n) is 18.1. The van der Waals surface area contributed by atoms with Crippen LogP contribution in [0.25, 0.3) is 0 Å². The maximum Gasteiger partial charge on any atom is 0.422 e. The summed E-state index contributed by atoms with van der Waals surface area (Å²) < 4.78 is 113. The Labute approximate surface area is 529 Å². The molecule has 524 valence electrons. The van der Waals surface area contributed by atoms with E-state index >= 15 is 0 Å². The highest BCUT2D eigenvalue weighted by molar-refractivity contribution is 5.78. The molecule has 0 saturated heterocycles. The molecule has 0 aromatic heterocycles. The standard InChI is InChI=1S/C16H28O2.C14H28O2.C13H26O2.C9H14F4O2.C9H18O2.C8H13F3O2/c1-7-15(3,4)14(17)18-13-9-11-8-12(10(13)2)16(11,5)6;1-6-9-10-12(7-2)11-16-13(15)14(4,5)8-3;1-8-13(6,7)12(14)15-11(9(2)3)10(4)5;1-4-8(2,3)7(14)15-5-9(12,13)6(10)11;1-6-9(4,5)8(10)11-7(2)3;1-4-7(2,3)6(12)13-5-8(9,10)11/h10-13H,7-9H2,1-6H3;12H,6-11H2,1-5H3;9-11H,8H2,1-7H3;6H,4-5H2,1-3H3;7H,6H2,1-5H3;4-5H2,1-3H3/t10-,11+,12-,13-;;;;;/m0...../s1. The number of ether oxygens (including phenoxy) is 6. The molecule has 88 heavy (non-hydrogen) atoms. The molecule has 1 unspecified atom stereocenters. The highest BCUT2D eigenvalue weighted by atomic mass is 19.4. The van der Waals surface area contributed by atoms with Crippen molar-refractivity contribution >= 4 is 35.8 Å². The first kappa shape index (κ1) is 90.7. The lowest BCUT2D eigenvalue weighted by molar-refractivity contribution is -0.193. The van der Waals surface area contributed by atoms with Gasteiger partial charge in [0.25, 0.3) is 0 Å². The van der Waals surface area contributed by atoms with Crippen molar-refractivity contribution in [3.8, 4) is 0 Å². The molecule has 3 saturated carbocycles. The van der Waals surface area contributed by atoms with Gasteiger partial charge in [-0.1, -0.05) is 123 Å². The summed E-state index contributed by atoms with van der Waals surface area (Å²) in [5.74, 6) is -2.93. The van der Waals surface area contributed by atoms with Crippen LogP contribution in [0.3, 0.4) is 0 Å². The number of halogens is 7. The molecule has 0 amide bonds. The molecule has 0 aromatic carbocycles. The molecular weight excluding hydrogens is 1150 g/mol. The number of carbonyl (C=O) groups excluding carboxylic acids is 6. The molecule has 0 aromatic rings. The molecule has 0 heterocycles. The molecule has 5 atom stereocenters. The zero-order valence-electron chi connectivity index (χ0n) is 60.4. The highest BCUT2D eigenvalue weighted by Gasteiger charge is 2.57.